The topological polar surface area (TPSA) is 95.6 Å². The zero-order chi connectivity index (χ0) is 13.0. The fourth-order valence-corrected chi connectivity index (χ4v) is 1.66. The van der Waals surface area contributed by atoms with Crippen molar-refractivity contribution >= 4 is 23.1 Å². The molecule has 0 aliphatic heterocycles. The summed E-state index contributed by atoms with van der Waals surface area (Å²) in [4.78, 5) is 12.1. The lowest BCUT2D eigenvalue weighted by molar-refractivity contribution is 0.0936. The number of nitrogens with two attached hydrogens (primary N) is 1. The van der Waals surface area contributed by atoms with Crippen molar-refractivity contribution in [1.82, 2.24) is 5.32 Å². The predicted octanol–water partition coefficient (Wildman–Crippen LogP) is 0.892. The minimum Gasteiger partial charge on any atom is -0.507 e. The Labute approximate surface area is 104 Å². The summed E-state index contributed by atoms with van der Waals surface area (Å²) in [6, 6.07) is 3.83. The number of phenolic OH excluding ortho intramolecular Hbond substituents is 2. The van der Waals surface area contributed by atoms with E-state index < -0.39 is 5.91 Å². The minimum absolute atomic E-state index is 0.151. The summed E-state index contributed by atoms with van der Waals surface area (Å²) in [6.45, 7) is 1.73. The Bertz CT molecular complexity index is 428. The van der Waals surface area contributed by atoms with Crippen molar-refractivity contribution in [2.75, 3.05) is 0 Å². The molecule has 5 N–H and O–H groups in total. The van der Waals surface area contributed by atoms with Crippen molar-refractivity contribution < 1.29 is 15.0 Å². The van der Waals surface area contributed by atoms with Crippen LogP contribution in [-0.2, 0) is 0 Å². The van der Waals surface area contributed by atoms with E-state index in [1.54, 1.807) is 6.92 Å². The maximum Gasteiger partial charge on any atom is 0.259 e. The fraction of sp³-hybridized carbons (Fsp3) is 0.273. The number of thiocarbonyl (C=S) groups is 1. The molecule has 1 aromatic rings. The third-order valence-corrected chi connectivity index (χ3v) is 2.30. The molecule has 1 rings (SSSR count). The lowest BCUT2D eigenvalue weighted by Gasteiger charge is -2.14. The van der Waals surface area contributed by atoms with E-state index in [4.69, 9.17) is 18.0 Å². The number of benzene rings is 1. The minimum atomic E-state index is -0.565. The smallest absolute Gasteiger partial charge is 0.259 e. The van der Waals surface area contributed by atoms with Gasteiger partial charge in [-0.3, -0.25) is 4.79 Å². The number of nitrogens with one attached hydrogen (secondary N) is 1. The Morgan fingerprint density at radius 3 is 2.47 bits per heavy atom. The molecule has 6 heteroatoms. The van der Waals surface area contributed by atoms with Gasteiger partial charge in [0.25, 0.3) is 5.91 Å². The van der Waals surface area contributed by atoms with Crippen LogP contribution in [0.2, 0.25) is 0 Å². The van der Waals surface area contributed by atoms with E-state index in [1.807, 2.05) is 0 Å². The highest BCUT2D eigenvalue weighted by atomic mass is 32.1. The number of rotatable bonds is 4. The highest BCUT2D eigenvalue weighted by Crippen LogP contribution is 2.25. The molecule has 0 spiro atoms. The summed E-state index contributed by atoms with van der Waals surface area (Å²) in [5, 5.41) is 21.6. The number of hydrogen-bond donors (Lipinski definition) is 4. The molecule has 0 aliphatic carbocycles. The standard InChI is InChI=1S/C11H14N2O3S/c1-6(5-9(12)17)13-11(16)10-7(14)3-2-4-8(10)15/h2-4,6,14-15H,5H2,1H3,(H2,12,17)(H,13,16). The van der Waals surface area contributed by atoms with Gasteiger partial charge in [-0.05, 0) is 19.1 Å². The average molecular weight is 254 g/mol. The fourth-order valence-electron chi connectivity index (χ4n) is 1.41. The first-order chi connectivity index (χ1) is 7.91. The predicted molar refractivity (Wildman–Crippen MR) is 68.1 cm³/mol. The van der Waals surface area contributed by atoms with Crippen molar-refractivity contribution in [3.8, 4) is 11.5 Å². The zero-order valence-corrected chi connectivity index (χ0v) is 10.1. The molecule has 1 aromatic carbocycles. The van der Waals surface area contributed by atoms with E-state index in [-0.39, 0.29) is 23.1 Å². The molecule has 0 radical (unpaired) electrons. The molecule has 0 aromatic heterocycles. The van der Waals surface area contributed by atoms with Crippen LogP contribution in [0.4, 0.5) is 0 Å². The molecule has 1 atom stereocenters. The number of carbonyl (C=O) groups is 1. The van der Waals surface area contributed by atoms with Gasteiger partial charge in [0.05, 0.1) is 4.99 Å². The molecule has 1 unspecified atom stereocenters. The van der Waals surface area contributed by atoms with Gasteiger partial charge >= 0.3 is 0 Å². The van der Waals surface area contributed by atoms with Gasteiger partial charge in [-0.15, -0.1) is 0 Å². The lowest BCUT2D eigenvalue weighted by Crippen LogP contribution is -2.35. The molecule has 0 bridgehead atoms. The van der Waals surface area contributed by atoms with Crippen LogP contribution in [0.1, 0.15) is 23.7 Å². The zero-order valence-electron chi connectivity index (χ0n) is 9.30. The van der Waals surface area contributed by atoms with Crippen LogP contribution in [0, 0.1) is 0 Å². The molecule has 0 saturated carbocycles. The quantitative estimate of drug-likeness (QED) is 0.599. The summed E-state index contributed by atoms with van der Waals surface area (Å²) in [6.07, 6.45) is 0.357. The summed E-state index contributed by atoms with van der Waals surface area (Å²) in [5.74, 6) is -1.11. The molecule has 1 amide bonds. The average Bonchev–Trinajstić information content (AvgIpc) is 2.15. The van der Waals surface area contributed by atoms with Crippen molar-refractivity contribution in [3.63, 3.8) is 0 Å². The van der Waals surface area contributed by atoms with Crippen molar-refractivity contribution in [2.24, 2.45) is 5.73 Å². The van der Waals surface area contributed by atoms with Gasteiger partial charge in [-0.25, -0.2) is 0 Å². The molecule has 0 fully saturated rings. The second kappa shape index (κ2) is 5.49. The van der Waals surface area contributed by atoms with Crippen LogP contribution < -0.4 is 11.1 Å². The number of amides is 1. The maximum absolute atomic E-state index is 11.8. The van der Waals surface area contributed by atoms with Crippen LogP contribution >= 0.6 is 12.2 Å². The van der Waals surface area contributed by atoms with E-state index in [0.29, 0.717) is 11.4 Å². The highest BCUT2D eigenvalue weighted by molar-refractivity contribution is 7.80. The number of aromatic hydroxyl groups is 2. The van der Waals surface area contributed by atoms with E-state index in [9.17, 15) is 15.0 Å². The van der Waals surface area contributed by atoms with E-state index in [1.165, 1.54) is 18.2 Å². The first-order valence-corrected chi connectivity index (χ1v) is 5.42. The Balaban J connectivity index is 2.80. The van der Waals surface area contributed by atoms with Crippen molar-refractivity contribution in [3.05, 3.63) is 23.8 Å². The maximum atomic E-state index is 11.8. The Kier molecular flexibility index (Phi) is 4.28. The SMILES string of the molecule is CC(CC(N)=S)NC(=O)c1c(O)cccc1O. The second-order valence-electron chi connectivity index (χ2n) is 3.72. The summed E-state index contributed by atoms with van der Waals surface area (Å²) < 4.78 is 0. The number of carbonyl (C=O) groups excluding carboxylic acids is 1. The van der Waals surface area contributed by atoms with Crippen LogP contribution in [0.3, 0.4) is 0 Å². The molecule has 5 nitrogen and oxygen atoms in total. The molecule has 0 heterocycles. The van der Waals surface area contributed by atoms with Gasteiger partial charge in [0.15, 0.2) is 0 Å². The van der Waals surface area contributed by atoms with Crippen LogP contribution in [0.25, 0.3) is 0 Å². The molecule has 17 heavy (non-hydrogen) atoms. The first kappa shape index (κ1) is 13.2. The largest absolute Gasteiger partial charge is 0.507 e. The molecular weight excluding hydrogens is 240 g/mol. The van der Waals surface area contributed by atoms with Gasteiger partial charge in [-0.2, -0.15) is 0 Å². The number of phenols is 2. The van der Waals surface area contributed by atoms with Crippen molar-refractivity contribution in [2.45, 2.75) is 19.4 Å². The number of hydrogen-bond acceptors (Lipinski definition) is 4. The summed E-state index contributed by atoms with van der Waals surface area (Å²) >= 11 is 4.72. The van der Waals surface area contributed by atoms with E-state index in [2.05, 4.69) is 5.32 Å². The highest BCUT2D eigenvalue weighted by Gasteiger charge is 2.17. The van der Waals surface area contributed by atoms with Gasteiger partial charge in [0.2, 0.25) is 0 Å². The third kappa shape index (κ3) is 3.60. The molecular formula is C11H14N2O3S. The van der Waals surface area contributed by atoms with Crippen LogP contribution in [0.5, 0.6) is 11.5 Å². The molecule has 92 valence electrons. The Morgan fingerprint density at radius 2 is 2.00 bits per heavy atom. The Morgan fingerprint density at radius 1 is 1.47 bits per heavy atom. The second-order valence-corrected chi connectivity index (χ2v) is 4.24. The Hall–Kier alpha value is -1.82. The van der Waals surface area contributed by atoms with Gasteiger partial charge in [0.1, 0.15) is 17.1 Å². The van der Waals surface area contributed by atoms with E-state index in [0.717, 1.165) is 0 Å². The lowest BCUT2D eigenvalue weighted by atomic mass is 10.1. The summed E-state index contributed by atoms with van der Waals surface area (Å²) in [5.41, 5.74) is 5.20. The monoisotopic (exact) mass is 254 g/mol. The molecule has 0 aliphatic rings. The van der Waals surface area contributed by atoms with Crippen molar-refractivity contribution in [1.29, 1.82) is 0 Å². The normalized spacial score (nSPS) is 11.8. The van der Waals surface area contributed by atoms with Gasteiger partial charge < -0.3 is 21.3 Å². The van der Waals surface area contributed by atoms with Gasteiger partial charge in [-0.1, -0.05) is 18.3 Å². The first-order valence-electron chi connectivity index (χ1n) is 5.02. The van der Waals surface area contributed by atoms with Gasteiger partial charge in [0, 0.05) is 12.5 Å². The summed E-state index contributed by atoms with van der Waals surface area (Å²) in [7, 11) is 0. The van der Waals surface area contributed by atoms with E-state index >= 15 is 0 Å². The third-order valence-electron chi connectivity index (χ3n) is 2.13. The van der Waals surface area contributed by atoms with Crippen LogP contribution in [0.15, 0.2) is 18.2 Å². The van der Waals surface area contributed by atoms with Crippen LogP contribution in [-0.4, -0.2) is 27.2 Å². The molecule has 0 saturated heterocycles.